The van der Waals surface area contributed by atoms with E-state index in [1.807, 2.05) is 20.8 Å². The van der Waals surface area contributed by atoms with Crippen molar-refractivity contribution in [2.24, 2.45) is 0 Å². The summed E-state index contributed by atoms with van der Waals surface area (Å²) in [5.74, 6) is 0.579. The highest BCUT2D eigenvalue weighted by molar-refractivity contribution is 7.91. The zero-order valence-electron chi connectivity index (χ0n) is 12.2. The molecule has 5 nitrogen and oxygen atoms in total. The van der Waals surface area contributed by atoms with Gasteiger partial charge in [-0.05, 0) is 26.3 Å². The van der Waals surface area contributed by atoms with Crippen LogP contribution in [0.25, 0.3) is 0 Å². The topological polar surface area (TPSA) is 66.5 Å². The lowest BCUT2D eigenvalue weighted by atomic mass is 10.2. The molecule has 6 heteroatoms. The molecule has 1 aliphatic heterocycles. The SMILES string of the molecule is CCC(C)NC(=O)CCN(CC)C1CCS(=O)(=O)C1. The third kappa shape index (κ3) is 5.48. The second-order valence-corrected chi connectivity index (χ2v) is 7.54. The lowest BCUT2D eigenvalue weighted by Gasteiger charge is -2.26. The number of amides is 1. The number of rotatable bonds is 7. The second kappa shape index (κ2) is 7.24. The Morgan fingerprint density at radius 2 is 2.11 bits per heavy atom. The molecular formula is C13H26N2O3S. The van der Waals surface area contributed by atoms with Crippen molar-refractivity contribution < 1.29 is 13.2 Å². The smallest absolute Gasteiger partial charge is 0.221 e. The Morgan fingerprint density at radius 3 is 2.58 bits per heavy atom. The fourth-order valence-corrected chi connectivity index (χ4v) is 4.12. The molecule has 0 bridgehead atoms. The van der Waals surface area contributed by atoms with E-state index in [1.165, 1.54) is 0 Å². The van der Waals surface area contributed by atoms with Crippen LogP contribution in [0.1, 0.15) is 40.0 Å². The number of sulfone groups is 1. The van der Waals surface area contributed by atoms with Gasteiger partial charge in [0.15, 0.2) is 9.84 Å². The highest BCUT2D eigenvalue weighted by Gasteiger charge is 2.31. The summed E-state index contributed by atoms with van der Waals surface area (Å²) in [5, 5.41) is 2.93. The molecule has 1 rings (SSSR count). The van der Waals surface area contributed by atoms with Crippen LogP contribution in [0.3, 0.4) is 0 Å². The molecule has 0 aromatic carbocycles. The van der Waals surface area contributed by atoms with Crippen LogP contribution in [0.2, 0.25) is 0 Å². The van der Waals surface area contributed by atoms with Crippen LogP contribution in [-0.2, 0) is 14.6 Å². The molecule has 0 aromatic rings. The number of carbonyl (C=O) groups excluding carboxylic acids is 1. The lowest BCUT2D eigenvalue weighted by Crippen LogP contribution is -2.40. The van der Waals surface area contributed by atoms with E-state index in [0.29, 0.717) is 19.4 Å². The zero-order valence-corrected chi connectivity index (χ0v) is 13.0. The molecule has 0 radical (unpaired) electrons. The van der Waals surface area contributed by atoms with Gasteiger partial charge >= 0.3 is 0 Å². The molecule has 2 unspecified atom stereocenters. The van der Waals surface area contributed by atoms with Gasteiger partial charge in [0.05, 0.1) is 11.5 Å². The van der Waals surface area contributed by atoms with Crippen molar-refractivity contribution in [1.29, 1.82) is 0 Å². The molecule has 1 amide bonds. The van der Waals surface area contributed by atoms with Gasteiger partial charge in [0.25, 0.3) is 0 Å². The zero-order chi connectivity index (χ0) is 14.5. The fourth-order valence-electron chi connectivity index (χ4n) is 2.36. The largest absolute Gasteiger partial charge is 0.354 e. The van der Waals surface area contributed by atoms with Gasteiger partial charge in [0.2, 0.25) is 5.91 Å². The summed E-state index contributed by atoms with van der Waals surface area (Å²) in [6.45, 7) is 7.46. The standard InChI is InChI=1S/C13H26N2O3S/c1-4-11(3)14-13(16)6-8-15(5-2)12-7-9-19(17,18)10-12/h11-12H,4-10H2,1-3H3,(H,14,16). The summed E-state index contributed by atoms with van der Waals surface area (Å²) in [4.78, 5) is 13.8. The quantitative estimate of drug-likeness (QED) is 0.753. The van der Waals surface area contributed by atoms with Crippen LogP contribution in [0, 0.1) is 0 Å². The van der Waals surface area contributed by atoms with E-state index in [4.69, 9.17) is 0 Å². The minimum Gasteiger partial charge on any atom is -0.354 e. The molecule has 1 N–H and O–H groups in total. The minimum absolute atomic E-state index is 0.0497. The van der Waals surface area contributed by atoms with Crippen molar-refractivity contribution in [3.05, 3.63) is 0 Å². The molecule has 0 aliphatic carbocycles. The normalized spacial score (nSPS) is 23.5. The molecule has 19 heavy (non-hydrogen) atoms. The first-order chi connectivity index (χ1) is 8.88. The maximum absolute atomic E-state index is 11.7. The molecule has 2 atom stereocenters. The monoisotopic (exact) mass is 290 g/mol. The van der Waals surface area contributed by atoms with Crippen molar-refractivity contribution in [2.75, 3.05) is 24.6 Å². The van der Waals surface area contributed by atoms with E-state index in [-0.39, 0.29) is 29.5 Å². The van der Waals surface area contributed by atoms with Crippen LogP contribution >= 0.6 is 0 Å². The van der Waals surface area contributed by atoms with Gasteiger partial charge in [0.1, 0.15) is 0 Å². The number of hydrogen-bond acceptors (Lipinski definition) is 4. The number of carbonyl (C=O) groups is 1. The Hall–Kier alpha value is -0.620. The van der Waals surface area contributed by atoms with Crippen LogP contribution in [0.5, 0.6) is 0 Å². The maximum Gasteiger partial charge on any atom is 0.221 e. The third-order valence-corrected chi connectivity index (χ3v) is 5.53. The lowest BCUT2D eigenvalue weighted by molar-refractivity contribution is -0.122. The first-order valence-corrected chi connectivity index (χ1v) is 8.94. The van der Waals surface area contributed by atoms with Crippen molar-refractivity contribution in [1.82, 2.24) is 10.2 Å². The van der Waals surface area contributed by atoms with E-state index < -0.39 is 9.84 Å². The molecule has 0 saturated carbocycles. The van der Waals surface area contributed by atoms with Gasteiger partial charge in [0, 0.05) is 25.0 Å². The number of nitrogens with one attached hydrogen (secondary N) is 1. The molecule has 112 valence electrons. The molecule has 0 spiro atoms. The Morgan fingerprint density at radius 1 is 1.42 bits per heavy atom. The average molecular weight is 290 g/mol. The van der Waals surface area contributed by atoms with Crippen molar-refractivity contribution in [2.45, 2.75) is 52.1 Å². The maximum atomic E-state index is 11.7. The van der Waals surface area contributed by atoms with E-state index in [2.05, 4.69) is 10.2 Å². The van der Waals surface area contributed by atoms with Gasteiger partial charge in [-0.1, -0.05) is 13.8 Å². The Kier molecular flexibility index (Phi) is 6.26. The predicted octanol–water partition coefficient (Wildman–Crippen LogP) is 0.800. The van der Waals surface area contributed by atoms with Crippen LogP contribution in [0.15, 0.2) is 0 Å². The Bertz CT molecular complexity index is 395. The number of nitrogens with zero attached hydrogens (tertiary/aromatic N) is 1. The average Bonchev–Trinajstić information content (AvgIpc) is 2.70. The van der Waals surface area contributed by atoms with Gasteiger partial charge in [-0.25, -0.2) is 8.42 Å². The highest BCUT2D eigenvalue weighted by Crippen LogP contribution is 2.17. The van der Waals surface area contributed by atoms with Crippen molar-refractivity contribution >= 4 is 15.7 Å². The van der Waals surface area contributed by atoms with Gasteiger partial charge in [-0.3, -0.25) is 9.69 Å². The minimum atomic E-state index is -2.85. The van der Waals surface area contributed by atoms with E-state index in [1.54, 1.807) is 0 Å². The van der Waals surface area contributed by atoms with Crippen LogP contribution in [0.4, 0.5) is 0 Å². The summed E-state index contributed by atoms with van der Waals surface area (Å²) in [6.07, 6.45) is 2.06. The third-order valence-electron chi connectivity index (χ3n) is 3.78. The van der Waals surface area contributed by atoms with Gasteiger partial charge < -0.3 is 5.32 Å². The summed E-state index contributed by atoms with van der Waals surface area (Å²) < 4.78 is 23.0. The molecule has 0 aromatic heterocycles. The number of hydrogen-bond donors (Lipinski definition) is 1. The van der Waals surface area contributed by atoms with E-state index >= 15 is 0 Å². The van der Waals surface area contributed by atoms with E-state index in [9.17, 15) is 13.2 Å². The molecule has 1 aliphatic rings. The van der Waals surface area contributed by atoms with Crippen molar-refractivity contribution in [3.8, 4) is 0 Å². The van der Waals surface area contributed by atoms with Gasteiger partial charge in [-0.15, -0.1) is 0 Å². The molecule has 1 saturated heterocycles. The Labute approximate surface area is 116 Å². The Balaban J connectivity index is 2.39. The summed E-state index contributed by atoms with van der Waals surface area (Å²) >= 11 is 0. The predicted molar refractivity (Wildman–Crippen MR) is 76.8 cm³/mol. The van der Waals surface area contributed by atoms with E-state index in [0.717, 1.165) is 13.0 Å². The van der Waals surface area contributed by atoms with Crippen molar-refractivity contribution in [3.63, 3.8) is 0 Å². The molecule has 1 heterocycles. The molecule has 1 fully saturated rings. The fraction of sp³-hybridized carbons (Fsp3) is 0.923. The summed E-state index contributed by atoms with van der Waals surface area (Å²) in [6, 6.07) is 0.292. The van der Waals surface area contributed by atoms with Gasteiger partial charge in [-0.2, -0.15) is 0 Å². The van der Waals surface area contributed by atoms with Crippen LogP contribution < -0.4 is 5.32 Å². The first-order valence-electron chi connectivity index (χ1n) is 7.11. The summed E-state index contributed by atoms with van der Waals surface area (Å²) in [7, 11) is -2.85. The highest BCUT2D eigenvalue weighted by atomic mass is 32.2. The second-order valence-electron chi connectivity index (χ2n) is 5.31. The van der Waals surface area contributed by atoms with Crippen LogP contribution in [-0.4, -0.2) is 55.9 Å². The summed E-state index contributed by atoms with van der Waals surface area (Å²) in [5.41, 5.74) is 0. The first kappa shape index (κ1) is 16.4. The molecular weight excluding hydrogens is 264 g/mol.